The van der Waals surface area contributed by atoms with E-state index < -0.39 is 6.04 Å². The molecule has 0 saturated carbocycles. The minimum atomic E-state index is -0.485. The van der Waals surface area contributed by atoms with Crippen molar-refractivity contribution in [2.24, 2.45) is 0 Å². The minimum Gasteiger partial charge on any atom is -0.459 e. The van der Waals surface area contributed by atoms with Crippen molar-refractivity contribution in [3.8, 4) is 0 Å². The number of amides is 1. The standard InChI is InChI=1S/C27H31N7O4/c1-17-13-18(2)23-19(14-17)15-21(26(35)28-23)24(25-29-30-31-34(25)16-20-5-3-11-37-20)32-7-9-33(10-8-32)27(36)22-6-4-12-38-22/h4,6,12-15,20,24H,3,5,7-11,16H2,1-2H3,(H,28,35)/t20-,24-/m0/s1. The van der Waals surface area contributed by atoms with Crippen LogP contribution in [0.5, 0.6) is 0 Å². The number of hydrogen-bond donors (Lipinski definition) is 1. The molecule has 2 aliphatic rings. The fourth-order valence-corrected chi connectivity index (χ4v) is 5.66. The van der Waals surface area contributed by atoms with E-state index in [4.69, 9.17) is 9.15 Å². The van der Waals surface area contributed by atoms with Gasteiger partial charge in [-0.25, -0.2) is 4.68 Å². The molecule has 0 spiro atoms. The Balaban J connectivity index is 1.37. The van der Waals surface area contributed by atoms with E-state index in [1.54, 1.807) is 21.7 Å². The van der Waals surface area contributed by atoms with E-state index in [0.29, 0.717) is 49.9 Å². The average molecular weight is 518 g/mol. The van der Waals surface area contributed by atoms with Gasteiger partial charge in [0.2, 0.25) is 0 Å². The third kappa shape index (κ3) is 4.63. The number of carbonyl (C=O) groups excluding carboxylic acids is 1. The van der Waals surface area contributed by atoms with Gasteiger partial charge in [0.05, 0.1) is 24.4 Å². The lowest BCUT2D eigenvalue weighted by molar-refractivity contribution is 0.0550. The maximum absolute atomic E-state index is 13.6. The van der Waals surface area contributed by atoms with Gasteiger partial charge in [-0.1, -0.05) is 11.6 Å². The number of nitrogens with zero attached hydrogens (tertiary/aromatic N) is 6. The van der Waals surface area contributed by atoms with Crippen molar-refractivity contribution in [1.29, 1.82) is 0 Å². The molecule has 4 aromatic rings. The van der Waals surface area contributed by atoms with Crippen LogP contribution in [0.1, 0.15) is 52.0 Å². The van der Waals surface area contributed by atoms with E-state index in [1.807, 2.05) is 19.9 Å². The molecule has 1 amide bonds. The Kier molecular flexibility index (Phi) is 6.54. The Hall–Kier alpha value is -3.83. The Morgan fingerprint density at radius 3 is 2.76 bits per heavy atom. The summed E-state index contributed by atoms with van der Waals surface area (Å²) in [5, 5.41) is 13.7. The minimum absolute atomic E-state index is 0.0425. The molecule has 0 radical (unpaired) electrons. The number of tetrazole rings is 1. The molecule has 198 valence electrons. The van der Waals surface area contributed by atoms with Crippen LogP contribution in [0.4, 0.5) is 0 Å². The molecule has 6 rings (SSSR count). The maximum Gasteiger partial charge on any atom is 0.289 e. The Morgan fingerprint density at radius 2 is 2.03 bits per heavy atom. The second-order valence-corrected chi connectivity index (χ2v) is 10.2. The van der Waals surface area contributed by atoms with E-state index >= 15 is 0 Å². The van der Waals surface area contributed by atoms with Crippen molar-refractivity contribution in [3.63, 3.8) is 0 Å². The van der Waals surface area contributed by atoms with Crippen molar-refractivity contribution in [3.05, 3.63) is 75.2 Å². The molecule has 0 bridgehead atoms. The topological polar surface area (TPSA) is 122 Å². The van der Waals surface area contributed by atoms with Gasteiger partial charge in [-0.3, -0.25) is 14.5 Å². The number of fused-ring (bicyclic) bond motifs is 1. The Bertz CT molecular complexity index is 1500. The number of rotatable bonds is 6. The normalized spacial score (nSPS) is 19.3. The molecule has 0 unspecified atom stereocenters. The highest BCUT2D eigenvalue weighted by Gasteiger charge is 2.35. The fraction of sp³-hybridized carbons (Fsp3) is 0.444. The number of piperazine rings is 1. The van der Waals surface area contributed by atoms with Gasteiger partial charge in [-0.05, 0) is 72.3 Å². The van der Waals surface area contributed by atoms with Gasteiger partial charge >= 0.3 is 0 Å². The van der Waals surface area contributed by atoms with Crippen LogP contribution in [0.15, 0.2) is 45.8 Å². The zero-order valence-electron chi connectivity index (χ0n) is 21.6. The third-order valence-electron chi connectivity index (χ3n) is 7.52. The lowest BCUT2D eigenvalue weighted by atomic mass is 10.00. The molecule has 11 heteroatoms. The highest BCUT2D eigenvalue weighted by Crippen LogP contribution is 2.29. The zero-order chi connectivity index (χ0) is 26.2. The summed E-state index contributed by atoms with van der Waals surface area (Å²) in [6, 6.07) is 9.00. The molecule has 3 aromatic heterocycles. The number of hydrogen-bond acceptors (Lipinski definition) is 8. The Morgan fingerprint density at radius 1 is 1.18 bits per heavy atom. The van der Waals surface area contributed by atoms with Gasteiger partial charge < -0.3 is 19.0 Å². The first-order valence-electron chi connectivity index (χ1n) is 13.1. The molecule has 11 nitrogen and oxygen atoms in total. The lowest BCUT2D eigenvalue weighted by Crippen LogP contribution is -2.50. The average Bonchev–Trinajstić information content (AvgIpc) is 3.70. The molecule has 2 atom stereocenters. The molecular formula is C27H31N7O4. The van der Waals surface area contributed by atoms with E-state index in [-0.39, 0.29) is 17.6 Å². The lowest BCUT2D eigenvalue weighted by Gasteiger charge is -2.38. The number of pyridine rings is 1. The molecule has 38 heavy (non-hydrogen) atoms. The van der Waals surface area contributed by atoms with Crippen molar-refractivity contribution < 1.29 is 13.9 Å². The second-order valence-electron chi connectivity index (χ2n) is 10.2. The fourth-order valence-electron chi connectivity index (χ4n) is 5.66. The van der Waals surface area contributed by atoms with E-state index in [2.05, 4.69) is 37.5 Å². The predicted molar refractivity (Wildman–Crippen MR) is 139 cm³/mol. The number of aromatic amines is 1. The molecule has 2 aliphatic heterocycles. The third-order valence-corrected chi connectivity index (χ3v) is 7.52. The predicted octanol–water partition coefficient (Wildman–Crippen LogP) is 2.45. The molecular weight excluding hydrogens is 486 g/mol. The summed E-state index contributed by atoms with van der Waals surface area (Å²) in [6.45, 7) is 7.40. The number of ether oxygens (including phenoxy) is 1. The monoisotopic (exact) mass is 517 g/mol. The molecule has 2 saturated heterocycles. The van der Waals surface area contributed by atoms with Crippen LogP contribution < -0.4 is 5.56 Å². The van der Waals surface area contributed by atoms with Crippen LogP contribution in [0.3, 0.4) is 0 Å². The Labute approximate surface area is 219 Å². The smallest absolute Gasteiger partial charge is 0.289 e. The number of benzene rings is 1. The van der Waals surface area contributed by atoms with Gasteiger partial charge in [0.1, 0.15) is 6.04 Å². The summed E-state index contributed by atoms with van der Waals surface area (Å²) in [6.07, 6.45) is 3.51. The second kappa shape index (κ2) is 10.1. The van der Waals surface area contributed by atoms with Gasteiger partial charge in [0.25, 0.3) is 11.5 Å². The van der Waals surface area contributed by atoms with E-state index in [1.165, 1.54) is 6.26 Å². The van der Waals surface area contributed by atoms with Crippen LogP contribution in [0.25, 0.3) is 10.9 Å². The van der Waals surface area contributed by atoms with E-state index in [9.17, 15) is 9.59 Å². The first-order chi connectivity index (χ1) is 18.5. The summed E-state index contributed by atoms with van der Waals surface area (Å²) in [7, 11) is 0. The summed E-state index contributed by atoms with van der Waals surface area (Å²) in [4.78, 5) is 33.5. The number of nitrogens with one attached hydrogen (secondary N) is 1. The molecule has 1 aromatic carbocycles. The molecule has 5 heterocycles. The first kappa shape index (κ1) is 24.5. The number of carbonyl (C=O) groups is 1. The van der Waals surface area contributed by atoms with Crippen LogP contribution in [-0.2, 0) is 11.3 Å². The van der Waals surface area contributed by atoms with Gasteiger partial charge in [-0.15, -0.1) is 5.10 Å². The van der Waals surface area contributed by atoms with Crippen molar-refractivity contribution in [2.75, 3.05) is 32.8 Å². The summed E-state index contributed by atoms with van der Waals surface area (Å²) in [5.74, 6) is 0.789. The van der Waals surface area contributed by atoms with Crippen LogP contribution in [0.2, 0.25) is 0 Å². The number of aromatic nitrogens is 5. The number of furan rings is 1. The van der Waals surface area contributed by atoms with Crippen molar-refractivity contribution in [1.82, 2.24) is 35.0 Å². The van der Waals surface area contributed by atoms with Crippen molar-refractivity contribution >= 4 is 16.8 Å². The quantitative estimate of drug-likeness (QED) is 0.414. The summed E-state index contributed by atoms with van der Waals surface area (Å²) >= 11 is 0. The highest BCUT2D eigenvalue weighted by molar-refractivity contribution is 5.91. The van der Waals surface area contributed by atoms with Gasteiger partial charge in [0, 0.05) is 38.3 Å². The SMILES string of the molecule is Cc1cc(C)c2[nH]c(=O)c([C@@H](c3nnnn3C[C@@H]3CCCO3)N3CCN(C(=O)c4ccco4)CC3)cc2c1. The summed E-state index contributed by atoms with van der Waals surface area (Å²) < 4.78 is 12.9. The molecule has 1 N–H and O–H groups in total. The summed E-state index contributed by atoms with van der Waals surface area (Å²) in [5.41, 5.74) is 3.38. The largest absolute Gasteiger partial charge is 0.459 e. The van der Waals surface area contributed by atoms with Gasteiger partial charge in [0.15, 0.2) is 11.6 Å². The first-order valence-corrected chi connectivity index (χ1v) is 13.1. The van der Waals surface area contributed by atoms with E-state index in [0.717, 1.165) is 41.5 Å². The van der Waals surface area contributed by atoms with Crippen LogP contribution in [0, 0.1) is 13.8 Å². The highest BCUT2D eigenvalue weighted by atomic mass is 16.5. The number of aryl methyl sites for hydroxylation is 2. The van der Waals surface area contributed by atoms with Gasteiger partial charge in [-0.2, -0.15) is 0 Å². The zero-order valence-corrected chi connectivity index (χ0v) is 21.6. The van der Waals surface area contributed by atoms with Crippen LogP contribution >= 0.6 is 0 Å². The molecule has 2 fully saturated rings. The molecule has 0 aliphatic carbocycles. The van der Waals surface area contributed by atoms with Crippen LogP contribution in [-0.4, -0.2) is 79.8 Å². The van der Waals surface area contributed by atoms with Crippen molar-refractivity contribution in [2.45, 2.75) is 45.4 Å². The number of H-pyrrole nitrogens is 1. The maximum atomic E-state index is 13.6.